The van der Waals surface area contributed by atoms with Gasteiger partial charge in [0, 0.05) is 0 Å². The Morgan fingerprint density at radius 3 is 1.79 bits per heavy atom. The number of carbonyl (C=O) groups excluding carboxylic acids is 1. The number of unbranched alkanes of at least 4 members (excludes halogenated alkanes) is 12. The minimum Gasteiger partial charge on any atom is -0.394 e. The Labute approximate surface area is 202 Å². The van der Waals surface area contributed by atoms with Gasteiger partial charge < -0.3 is 25.7 Å². The molecule has 1 amide bonds. The Hall–Kier alpha value is -0.950. The fourth-order valence-electron chi connectivity index (χ4n) is 3.92. The number of amides is 1. The summed E-state index contributed by atoms with van der Waals surface area (Å²) in [7, 11) is 0. The maximum atomic E-state index is 12.2. The highest BCUT2D eigenvalue weighted by Gasteiger charge is 2.28. The van der Waals surface area contributed by atoms with Crippen molar-refractivity contribution in [2.24, 2.45) is 0 Å². The van der Waals surface area contributed by atoms with Crippen molar-refractivity contribution < 1.29 is 25.2 Å². The maximum Gasteiger partial charge on any atom is 0.249 e. The summed E-state index contributed by atoms with van der Waals surface area (Å²) >= 11 is 0. The van der Waals surface area contributed by atoms with Crippen LogP contribution in [0.4, 0.5) is 0 Å². The molecule has 0 aliphatic carbocycles. The molecule has 0 heterocycles. The van der Waals surface area contributed by atoms with Gasteiger partial charge in [-0.3, -0.25) is 4.79 Å². The van der Waals surface area contributed by atoms with Gasteiger partial charge in [0.15, 0.2) is 0 Å². The number of allylic oxidation sites excluding steroid dienone is 2. The number of rotatable bonds is 23. The van der Waals surface area contributed by atoms with Crippen molar-refractivity contribution in [1.29, 1.82) is 0 Å². The monoisotopic (exact) mass is 471 g/mol. The van der Waals surface area contributed by atoms with Gasteiger partial charge in [-0.25, -0.2) is 0 Å². The smallest absolute Gasteiger partial charge is 0.249 e. The van der Waals surface area contributed by atoms with Crippen molar-refractivity contribution in [1.82, 2.24) is 5.32 Å². The molecule has 196 valence electrons. The summed E-state index contributed by atoms with van der Waals surface area (Å²) in [6, 6.07) is -0.978. The average Bonchev–Trinajstić information content (AvgIpc) is 2.81. The predicted molar refractivity (Wildman–Crippen MR) is 136 cm³/mol. The van der Waals surface area contributed by atoms with Crippen molar-refractivity contribution in [3.8, 4) is 0 Å². The normalized spacial score (nSPS) is 15.5. The van der Waals surface area contributed by atoms with Crippen LogP contribution >= 0.6 is 0 Å². The Kier molecular flexibility index (Phi) is 22.2. The number of hydrogen-bond donors (Lipinski definition) is 5. The topological polar surface area (TPSA) is 110 Å². The van der Waals surface area contributed by atoms with Crippen LogP contribution in [0.25, 0.3) is 0 Å². The predicted octanol–water partition coefficient (Wildman–Crippen LogP) is 4.77. The van der Waals surface area contributed by atoms with Gasteiger partial charge >= 0.3 is 0 Å². The van der Waals surface area contributed by atoms with Crippen LogP contribution in [0.5, 0.6) is 0 Å². The lowest BCUT2D eigenvalue weighted by Crippen LogP contribution is -2.53. The SMILES string of the molecule is CCCCCC/C=C\CCCCCCCCC(O)C(=O)NC(CO)C(O)C(O)CCCCC. The molecule has 4 unspecified atom stereocenters. The Morgan fingerprint density at radius 2 is 1.21 bits per heavy atom. The first kappa shape index (κ1) is 32.0. The van der Waals surface area contributed by atoms with E-state index in [1.807, 2.05) is 0 Å². The molecule has 0 aromatic heterocycles. The van der Waals surface area contributed by atoms with E-state index in [2.05, 4.69) is 31.3 Å². The van der Waals surface area contributed by atoms with Gasteiger partial charge in [-0.05, 0) is 38.5 Å². The first-order chi connectivity index (χ1) is 16.0. The summed E-state index contributed by atoms with van der Waals surface area (Å²) in [5.41, 5.74) is 0. The lowest BCUT2D eigenvalue weighted by atomic mass is 10.00. The molecule has 0 spiro atoms. The zero-order valence-electron chi connectivity index (χ0n) is 21.4. The van der Waals surface area contributed by atoms with Crippen LogP contribution in [0.3, 0.4) is 0 Å². The minimum atomic E-state index is -1.25. The highest BCUT2D eigenvalue weighted by atomic mass is 16.3. The molecule has 0 saturated carbocycles. The van der Waals surface area contributed by atoms with Crippen molar-refractivity contribution >= 4 is 5.91 Å². The summed E-state index contributed by atoms with van der Waals surface area (Å²) < 4.78 is 0. The second-order valence-electron chi connectivity index (χ2n) is 9.39. The minimum absolute atomic E-state index is 0.361. The first-order valence-corrected chi connectivity index (χ1v) is 13.6. The fourth-order valence-corrected chi connectivity index (χ4v) is 3.92. The molecule has 0 aliphatic heterocycles. The van der Waals surface area contributed by atoms with Gasteiger partial charge in [0.2, 0.25) is 5.91 Å². The third kappa shape index (κ3) is 18.1. The van der Waals surface area contributed by atoms with Crippen LogP contribution in [0, 0.1) is 0 Å². The van der Waals surface area contributed by atoms with E-state index in [0.29, 0.717) is 12.8 Å². The summed E-state index contributed by atoms with van der Waals surface area (Å²) in [5, 5.41) is 42.3. The van der Waals surface area contributed by atoms with Crippen molar-refractivity contribution in [2.75, 3.05) is 6.61 Å². The van der Waals surface area contributed by atoms with Gasteiger partial charge in [0.1, 0.15) is 12.2 Å². The highest BCUT2D eigenvalue weighted by Crippen LogP contribution is 2.13. The molecule has 0 fully saturated rings. The Balaban J connectivity index is 3.83. The standard InChI is InChI=1S/C27H53NO5/c1-3-5-7-8-9-10-11-12-13-14-15-16-17-19-21-25(31)27(33)28-23(22-29)26(32)24(30)20-18-6-4-2/h10-11,23-26,29-32H,3-9,12-22H2,1-2H3,(H,28,33)/b11-10-. The Bertz CT molecular complexity index is 471. The summed E-state index contributed by atoms with van der Waals surface area (Å²) in [4.78, 5) is 12.2. The van der Waals surface area contributed by atoms with E-state index in [-0.39, 0.29) is 0 Å². The van der Waals surface area contributed by atoms with Crippen LogP contribution < -0.4 is 5.32 Å². The highest BCUT2D eigenvalue weighted by molar-refractivity contribution is 5.80. The van der Waals surface area contributed by atoms with E-state index < -0.39 is 36.9 Å². The zero-order chi connectivity index (χ0) is 24.7. The number of nitrogens with one attached hydrogen (secondary N) is 1. The third-order valence-corrected chi connectivity index (χ3v) is 6.23. The zero-order valence-corrected chi connectivity index (χ0v) is 21.4. The lowest BCUT2D eigenvalue weighted by Gasteiger charge is -2.27. The molecule has 0 aliphatic rings. The molecule has 6 heteroatoms. The van der Waals surface area contributed by atoms with E-state index in [9.17, 15) is 25.2 Å². The van der Waals surface area contributed by atoms with Crippen LogP contribution in [0.1, 0.15) is 123 Å². The summed E-state index contributed by atoms with van der Waals surface area (Å²) in [6.07, 6.45) is 18.8. The molecule has 5 N–H and O–H groups in total. The molecule has 0 aromatic carbocycles. The number of aliphatic hydroxyl groups excluding tert-OH is 4. The van der Waals surface area contributed by atoms with Crippen molar-refractivity contribution in [2.45, 2.75) is 147 Å². The van der Waals surface area contributed by atoms with Gasteiger partial charge in [-0.2, -0.15) is 0 Å². The molecule has 4 atom stereocenters. The molecular formula is C27H53NO5. The molecule has 33 heavy (non-hydrogen) atoms. The molecule has 0 rings (SSSR count). The molecular weight excluding hydrogens is 418 g/mol. The van der Waals surface area contributed by atoms with Crippen LogP contribution in [0.15, 0.2) is 12.2 Å². The number of aliphatic hydroxyl groups is 4. The van der Waals surface area contributed by atoms with E-state index in [4.69, 9.17) is 0 Å². The third-order valence-electron chi connectivity index (χ3n) is 6.23. The van der Waals surface area contributed by atoms with Gasteiger partial charge in [0.05, 0.1) is 18.8 Å². The second-order valence-corrected chi connectivity index (χ2v) is 9.39. The number of hydrogen-bond acceptors (Lipinski definition) is 5. The summed E-state index contributed by atoms with van der Waals surface area (Å²) in [5.74, 6) is -0.602. The average molecular weight is 472 g/mol. The second kappa shape index (κ2) is 22.8. The van der Waals surface area contributed by atoms with E-state index >= 15 is 0 Å². The first-order valence-electron chi connectivity index (χ1n) is 13.6. The van der Waals surface area contributed by atoms with Crippen LogP contribution in [-0.4, -0.2) is 57.3 Å². The van der Waals surface area contributed by atoms with Crippen LogP contribution in [0.2, 0.25) is 0 Å². The largest absolute Gasteiger partial charge is 0.394 e. The fraction of sp³-hybridized carbons (Fsp3) is 0.889. The number of carbonyl (C=O) groups is 1. The quantitative estimate of drug-likeness (QED) is 0.109. The van der Waals surface area contributed by atoms with E-state index in [0.717, 1.165) is 44.9 Å². The van der Waals surface area contributed by atoms with E-state index in [1.165, 1.54) is 51.4 Å². The molecule has 0 saturated heterocycles. The van der Waals surface area contributed by atoms with Crippen molar-refractivity contribution in [3.05, 3.63) is 12.2 Å². The molecule has 0 bridgehead atoms. The molecule has 0 radical (unpaired) electrons. The van der Waals surface area contributed by atoms with Gasteiger partial charge in [0.25, 0.3) is 0 Å². The van der Waals surface area contributed by atoms with Gasteiger partial charge in [-0.15, -0.1) is 0 Å². The molecule has 6 nitrogen and oxygen atoms in total. The van der Waals surface area contributed by atoms with Crippen molar-refractivity contribution in [3.63, 3.8) is 0 Å². The van der Waals surface area contributed by atoms with E-state index in [1.54, 1.807) is 0 Å². The maximum absolute atomic E-state index is 12.2. The Morgan fingerprint density at radius 1 is 0.727 bits per heavy atom. The molecule has 0 aromatic rings. The van der Waals surface area contributed by atoms with Crippen LogP contribution in [-0.2, 0) is 4.79 Å². The lowest BCUT2D eigenvalue weighted by molar-refractivity contribution is -0.132. The summed E-state index contributed by atoms with van der Waals surface area (Å²) in [6.45, 7) is 3.80. The van der Waals surface area contributed by atoms with Gasteiger partial charge in [-0.1, -0.05) is 96.6 Å².